The number of hydrogen-bond donors (Lipinski definition) is 1. The van der Waals surface area contributed by atoms with Crippen LogP contribution in [0.5, 0.6) is 0 Å². The molecule has 0 aromatic carbocycles. The van der Waals surface area contributed by atoms with E-state index in [-0.39, 0.29) is 0 Å². The van der Waals surface area contributed by atoms with E-state index in [0.717, 1.165) is 12.5 Å². The van der Waals surface area contributed by atoms with Crippen LogP contribution in [0.4, 0.5) is 0 Å². The Labute approximate surface area is 107 Å². The molecule has 0 saturated heterocycles. The highest BCUT2D eigenvalue weighted by molar-refractivity contribution is 5.13. The van der Waals surface area contributed by atoms with E-state index in [9.17, 15) is 0 Å². The molecule has 1 unspecified atom stereocenters. The molecular formula is C16H29N. The van der Waals surface area contributed by atoms with Crippen LogP contribution in [0.15, 0.2) is 11.6 Å². The van der Waals surface area contributed by atoms with Gasteiger partial charge in [0.25, 0.3) is 0 Å². The Bertz CT molecular complexity index is 238. The topological polar surface area (TPSA) is 12.0 Å². The first-order chi connectivity index (χ1) is 8.40. The monoisotopic (exact) mass is 235 g/mol. The first-order valence-electron chi connectivity index (χ1n) is 7.82. The lowest BCUT2D eigenvalue weighted by Crippen LogP contribution is -2.34. The van der Waals surface area contributed by atoms with Crippen LogP contribution in [-0.2, 0) is 0 Å². The van der Waals surface area contributed by atoms with Gasteiger partial charge < -0.3 is 5.32 Å². The Morgan fingerprint density at radius 2 is 2.00 bits per heavy atom. The molecule has 2 aliphatic rings. The third kappa shape index (κ3) is 4.13. The number of hydrogen-bond acceptors (Lipinski definition) is 1. The summed E-state index contributed by atoms with van der Waals surface area (Å²) in [5.41, 5.74) is 1.73. The summed E-state index contributed by atoms with van der Waals surface area (Å²) < 4.78 is 0. The summed E-state index contributed by atoms with van der Waals surface area (Å²) in [6.45, 7) is 3.37. The second-order valence-electron chi connectivity index (χ2n) is 5.87. The predicted octanol–water partition coefficient (Wildman–Crippen LogP) is 4.44. The van der Waals surface area contributed by atoms with Crippen molar-refractivity contribution >= 4 is 0 Å². The highest BCUT2D eigenvalue weighted by Crippen LogP contribution is 2.31. The molecule has 1 fully saturated rings. The number of allylic oxidation sites excluding steroid dienone is 1. The van der Waals surface area contributed by atoms with Gasteiger partial charge in [0.15, 0.2) is 0 Å². The largest absolute Gasteiger partial charge is 0.311 e. The minimum atomic E-state index is 0.698. The molecule has 0 aliphatic heterocycles. The summed E-state index contributed by atoms with van der Waals surface area (Å²) in [5.74, 6) is 0.996. The zero-order chi connectivity index (χ0) is 11.9. The van der Waals surface area contributed by atoms with E-state index in [1.807, 2.05) is 0 Å². The predicted molar refractivity (Wildman–Crippen MR) is 75.2 cm³/mol. The summed E-state index contributed by atoms with van der Waals surface area (Å²) in [6, 6.07) is 0.698. The molecule has 2 aliphatic carbocycles. The molecule has 1 saturated carbocycles. The molecule has 1 atom stereocenters. The molecule has 0 aromatic heterocycles. The van der Waals surface area contributed by atoms with Gasteiger partial charge in [-0.2, -0.15) is 0 Å². The van der Waals surface area contributed by atoms with Gasteiger partial charge in [-0.05, 0) is 44.6 Å². The molecule has 1 nitrogen and oxygen atoms in total. The van der Waals surface area contributed by atoms with Gasteiger partial charge in [0, 0.05) is 6.04 Å². The average Bonchev–Trinajstić information content (AvgIpc) is 2.40. The lowest BCUT2D eigenvalue weighted by atomic mass is 9.81. The SMILES string of the molecule is CCNC(CC1CCCCC1)C1=CCCCC1. The summed E-state index contributed by atoms with van der Waals surface area (Å²) in [5, 5.41) is 3.73. The van der Waals surface area contributed by atoms with Crippen molar-refractivity contribution in [3.63, 3.8) is 0 Å². The molecule has 0 spiro atoms. The quantitative estimate of drug-likeness (QED) is 0.695. The van der Waals surface area contributed by atoms with Gasteiger partial charge in [-0.1, -0.05) is 50.7 Å². The van der Waals surface area contributed by atoms with E-state index in [1.54, 1.807) is 5.57 Å². The number of likely N-dealkylation sites (N-methyl/N-ethyl adjacent to an activating group) is 1. The molecule has 1 heteroatoms. The van der Waals surface area contributed by atoms with Gasteiger partial charge >= 0.3 is 0 Å². The Morgan fingerprint density at radius 1 is 1.18 bits per heavy atom. The molecule has 0 amide bonds. The van der Waals surface area contributed by atoms with Gasteiger partial charge in [0.1, 0.15) is 0 Å². The van der Waals surface area contributed by atoms with Gasteiger partial charge in [-0.25, -0.2) is 0 Å². The van der Waals surface area contributed by atoms with Crippen LogP contribution in [0.1, 0.15) is 71.1 Å². The Kier molecular flexibility index (Phi) is 5.57. The van der Waals surface area contributed by atoms with Crippen molar-refractivity contribution in [2.45, 2.75) is 77.2 Å². The van der Waals surface area contributed by atoms with Crippen LogP contribution in [0.25, 0.3) is 0 Å². The van der Waals surface area contributed by atoms with Crippen LogP contribution in [0.3, 0.4) is 0 Å². The van der Waals surface area contributed by atoms with Crippen LogP contribution < -0.4 is 5.32 Å². The first kappa shape index (κ1) is 13.1. The third-order valence-corrected chi connectivity index (χ3v) is 4.52. The standard InChI is InChI=1S/C16H29N/c1-2-17-16(15-11-7-4-8-12-15)13-14-9-5-3-6-10-14/h11,14,16-17H,2-10,12-13H2,1H3. The molecule has 2 rings (SSSR count). The van der Waals surface area contributed by atoms with E-state index in [0.29, 0.717) is 6.04 Å². The smallest absolute Gasteiger partial charge is 0.0281 e. The molecule has 0 radical (unpaired) electrons. The molecule has 1 N–H and O–H groups in total. The maximum absolute atomic E-state index is 3.73. The van der Waals surface area contributed by atoms with Gasteiger partial charge in [-0.15, -0.1) is 0 Å². The van der Waals surface area contributed by atoms with Crippen LogP contribution >= 0.6 is 0 Å². The van der Waals surface area contributed by atoms with Gasteiger partial charge in [0.2, 0.25) is 0 Å². The van der Waals surface area contributed by atoms with Crippen LogP contribution in [0.2, 0.25) is 0 Å². The van der Waals surface area contributed by atoms with Crippen LogP contribution in [0, 0.1) is 5.92 Å². The summed E-state index contributed by atoms with van der Waals surface area (Å²) in [6.07, 6.45) is 16.8. The van der Waals surface area contributed by atoms with Crippen molar-refractivity contribution < 1.29 is 0 Å². The van der Waals surface area contributed by atoms with E-state index < -0.39 is 0 Å². The fourth-order valence-electron chi connectivity index (χ4n) is 3.55. The lowest BCUT2D eigenvalue weighted by molar-refractivity contribution is 0.309. The molecule has 0 bridgehead atoms. The maximum Gasteiger partial charge on any atom is 0.0281 e. The third-order valence-electron chi connectivity index (χ3n) is 4.52. The van der Waals surface area contributed by atoms with E-state index in [4.69, 9.17) is 0 Å². The van der Waals surface area contributed by atoms with E-state index >= 15 is 0 Å². The van der Waals surface area contributed by atoms with Crippen molar-refractivity contribution in [2.75, 3.05) is 6.54 Å². The normalized spacial score (nSPS) is 24.4. The first-order valence-corrected chi connectivity index (χ1v) is 7.82. The Hall–Kier alpha value is -0.300. The summed E-state index contributed by atoms with van der Waals surface area (Å²) in [7, 11) is 0. The van der Waals surface area contributed by atoms with E-state index in [2.05, 4.69) is 18.3 Å². The summed E-state index contributed by atoms with van der Waals surface area (Å²) >= 11 is 0. The van der Waals surface area contributed by atoms with Crippen LogP contribution in [-0.4, -0.2) is 12.6 Å². The minimum absolute atomic E-state index is 0.698. The molecular weight excluding hydrogens is 206 g/mol. The lowest BCUT2D eigenvalue weighted by Gasteiger charge is -2.30. The molecule has 0 aromatic rings. The number of rotatable bonds is 5. The fraction of sp³-hybridized carbons (Fsp3) is 0.875. The minimum Gasteiger partial charge on any atom is -0.311 e. The van der Waals surface area contributed by atoms with Crippen molar-refractivity contribution in [2.24, 2.45) is 5.92 Å². The molecule has 98 valence electrons. The second-order valence-corrected chi connectivity index (χ2v) is 5.87. The molecule has 17 heavy (non-hydrogen) atoms. The Morgan fingerprint density at radius 3 is 2.65 bits per heavy atom. The van der Waals surface area contributed by atoms with Crippen molar-refractivity contribution in [1.82, 2.24) is 5.32 Å². The highest BCUT2D eigenvalue weighted by Gasteiger charge is 2.21. The fourth-order valence-corrected chi connectivity index (χ4v) is 3.55. The highest BCUT2D eigenvalue weighted by atomic mass is 14.9. The average molecular weight is 235 g/mol. The van der Waals surface area contributed by atoms with Crippen molar-refractivity contribution in [3.8, 4) is 0 Å². The zero-order valence-corrected chi connectivity index (χ0v) is 11.5. The van der Waals surface area contributed by atoms with E-state index in [1.165, 1.54) is 64.2 Å². The summed E-state index contributed by atoms with van der Waals surface area (Å²) in [4.78, 5) is 0. The van der Waals surface area contributed by atoms with Gasteiger partial charge in [0.05, 0.1) is 0 Å². The number of nitrogens with one attached hydrogen (secondary N) is 1. The Balaban J connectivity index is 1.88. The zero-order valence-electron chi connectivity index (χ0n) is 11.5. The van der Waals surface area contributed by atoms with Crippen molar-refractivity contribution in [1.29, 1.82) is 0 Å². The van der Waals surface area contributed by atoms with Crippen molar-refractivity contribution in [3.05, 3.63) is 11.6 Å². The maximum atomic E-state index is 3.73. The molecule has 0 heterocycles. The second kappa shape index (κ2) is 7.20. The van der Waals surface area contributed by atoms with Gasteiger partial charge in [-0.3, -0.25) is 0 Å².